The number of piperazine rings is 1. The Morgan fingerprint density at radius 3 is 2.46 bits per heavy atom. The molecule has 0 spiro atoms. The van der Waals surface area contributed by atoms with Crippen LogP contribution in [0.1, 0.15) is 13.8 Å². The minimum Gasteiger partial charge on any atom is -0.478 e. The summed E-state index contributed by atoms with van der Waals surface area (Å²) < 4.78 is 18.8. The van der Waals surface area contributed by atoms with E-state index in [4.69, 9.17) is 4.74 Å². The van der Waals surface area contributed by atoms with E-state index >= 15 is 0 Å². The van der Waals surface area contributed by atoms with Gasteiger partial charge in [-0.25, -0.2) is 9.37 Å². The Kier molecular flexibility index (Phi) is 4.71. The number of benzene rings is 1. The largest absolute Gasteiger partial charge is 0.478 e. The van der Waals surface area contributed by atoms with Gasteiger partial charge in [-0.05, 0) is 38.1 Å². The van der Waals surface area contributed by atoms with E-state index in [-0.39, 0.29) is 11.7 Å². The first-order valence-electron chi connectivity index (χ1n) is 7.84. The molecular formula is C17H20FN3O2S. The topological polar surface area (TPSA) is 45.7 Å². The number of rotatable bonds is 4. The summed E-state index contributed by atoms with van der Waals surface area (Å²) in [6, 6.07) is 5.71. The highest BCUT2D eigenvalue weighted by Gasteiger charge is 2.36. The van der Waals surface area contributed by atoms with Crippen molar-refractivity contribution in [3.05, 3.63) is 41.7 Å². The Bertz CT molecular complexity index is 680. The number of ether oxygens (including phenoxy) is 1. The Labute approximate surface area is 144 Å². The third-order valence-electron chi connectivity index (χ3n) is 3.96. The zero-order valence-electron chi connectivity index (χ0n) is 13.7. The number of aromatic nitrogens is 1. The van der Waals surface area contributed by atoms with Crippen LogP contribution in [0.3, 0.4) is 0 Å². The Hall–Kier alpha value is -2.15. The van der Waals surface area contributed by atoms with Crippen molar-refractivity contribution in [2.45, 2.75) is 19.4 Å². The fourth-order valence-electron chi connectivity index (χ4n) is 2.69. The maximum absolute atomic E-state index is 13.0. The van der Waals surface area contributed by atoms with E-state index in [1.807, 2.05) is 10.3 Å². The van der Waals surface area contributed by atoms with Crippen molar-refractivity contribution in [2.24, 2.45) is 0 Å². The van der Waals surface area contributed by atoms with Crippen LogP contribution in [0.5, 0.6) is 5.75 Å². The van der Waals surface area contributed by atoms with Gasteiger partial charge in [0.25, 0.3) is 5.91 Å². The van der Waals surface area contributed by atoms with Gasteiger partial charge in [0.15, 0.2) is 10.7 Å². The van der Waals surface area contributed by atoms with Crippen LogP contribution in [0.2, 0.25) is 0 Å². The number of carbonyl (C=O) groups is 1. The smallest absolute Gasteiger partial charge is 0.266 e. The number of hydrogen-bond acceptors (Lipinski definition) is 5. The number of carbonyl (C=O) groups excluding carboxylic acids is 1. The summed E-state index contributed by atoms with van der Waals surface area (Å²) in [6.45, 7) is 6.26. The standard InChI is InChI=1S/C17H20FN3O2S/c1-17(2,23-14-5-3-13(18)4-6-14)15(22)20-8-10-21(11-9-20)16-19-7-12-24-16/h3-7,12H,8-11H2,1-2H3. The molecular weight excluding hydrogens is 329 g/mol. The van der Waals surface area contributed by atoms with Gasteiger partial charge in [0.2, 0.25) is 0 Å². The molecule has 1 aliphatic heterocycles. The number of hydrogen-bond donors (Lipinski definition) is 0. The van der Waals surface area contributed by atoms with Crippen LogP contribution in [-0.2, 0) is 4.79 Å². The van der Waals surface area contributed by atoms with Crippen molar-refractivity contribution >= 4 is 22.4 Å². The van der Waals surface area contributed by atoms with Gasteiger partial charge in [0.05, 0.1) is 0 Å². The molecule has 2 heterocycles. The quantitative estimate of drug-likeness (QED) is 0.851. The number of nitrogens with zero attached hydrogens (tertiary/aromatic N) is 3. The highest BCUT2D eigenvalue weighted by atomic mass is 32.1. The molecule has 1 aromatic heterocycles. The van der Waals surface area contributed by atoms with Crippen LogP contribution in [0.25, 0.3) is 0 Å². The fraction of sp³-hybridized carbons (Fsp3) is 0.412. The lowest BCUT2D eigenvalue weighted by Gasteiger charge is -2.38. The van der Waals surface area contributed by atoms with Gasteiger partial charge in [0, 0.05) is 37.8 Å². The summed E-state index contributed by atoms with van der Waals surface area (Å²) in [4.78, 5) is 21.1. The van der Waals surface area contributed by atoms with Crippen LogP contribution < -0.4 is 9.64 Å². The molecule has 0 N–H and O–H groups in total. The maximum Gasteiger partial charge on any atom is 0.266 e. The second kappa shape index (κ2) is 6.76. The highest BCUT2D eigenvalue weighted by Crippen LogP contribution is 2.23. The predicted octanol–water partition coefficient (Wildman–Crippen LogP) is 2.79. The monoisotopic (exact) mass is 349 g/mol. The molecule has 7 heteroatoms. The number of thiazole rings is 1. The maximum atomic E-state index is 13.0. The summed E-state index contributed by atoms with van der Waals surface area (Å²) in [7, 11) is 0. The lowest BCUT2D eigenvalue weighted by Crippen LogP contribution is -2.55. The van der Waals surface area contributed by atoms with Crippen molar-refractivity contribution < 1.29 is 13.9 Å². The predicted molar refractivity (Wildman–Crippen MR) is 92.0 cm³/mol. The molecule has 1 fully saturated rings. The van der Waals surface area contributed by atoms with Crippen molar-refractivity contribution in [1.82, 2.24) is 9.88 Å². The molecule has 1 saturated heterocycles. The second-order valence-electron chi connectivity index (χ2n) is 6.16. The van der Waals surface area contributed by atoms with E-state index in [0.717, 1.165) is 18.2 Å². The zero-order chi connectivity index (χ0) is 17.2. The van der Waals surface area contributed by atoms with Crippen LogP contribution in [-0.4, -0.2) is 47.6 Å². The van der Waals surface area contributed by atoms with Gasteiger partial charge in [-0.2, -0.15) is 0 Å². The molecule has 2 aromatic rings. The first-order valence-corrected chi connectivity index (χ1v) is 8.72. The third kappa shape index (κ3) is 3.67. The average Bonchev–Trinajstić information content (AvgIpc) is 3.11. The number of halogens is 1. The van der Waals surface area contributed by atoms with Crippen LogP contribution in [0.15, 0.2) is 35.8 Å². The van der Waals surface area contributed by atoms with Gasteiger partial charge >= 0.3 is 0 Å². The molecule has 0 radical (unpaired) electrons. The van der Waals surface area contributed by atoms with Crippen molar-refractivity contribution in [2.75, 3.05) is 31.1 Å². The lowest BCUT2D eigenvalue weighted by atomic mass is 10.1. The Balaban J connectivity index is 1.60. The number of anilines is 1. The molecule has 0 saturated carbocycles. The van der Waals surface area contributed by atoms with Crippen molar-refractivity contribution in [3.63, 3.8) is 0 Å². The number of amides is 1. The van der Waals surface area contributed by atoms with E-state index in [0.29, 0.717) is 18.8 Å². The summed E-state index contributed by atoms with van der Waals surface area (Å²) in [5.74, 6) is 0.0894. The molecule has 128 valence electrons. The molecule has 0 bridgehead atoms. The van der Waals surface area contributed by atoms with Crippen LogP contribution in [0, 0.1) is 5.82 Å². The molecule has 3 rings (SSSR count). The summed E-state index contributed by atoms with van der Waals surface area (Å²) in [5, 5.41) is 2.94. The van der Waals surface area contributed by atoms with Gasteiger partial charge in [-0.15, -0.1) is 11.3 Å². The molecule has 0 unspecified atom stereocenters. The Morgan fingerprint density at radius 1 is 1.21 bits per heavy atom. The Morgan fingerprint density at radius 2 is 1.88 bits per heavy atom. The van der Waals surface area contributed by atoms with E-state index in [1.165, 1.54) is 24.3 Å². The molecule has 1 aliphatic rings. The average molecular weight is 349 g/mol. The van der Waals surface area contributed by atoms with Crippen molar-refractivity contribution in [1.29, 1.82) is 0 Å². The van der Waals surface area contributed by atoms with Gasteiger partial charge in [-0.1, -0.05) is 0 Å². The van der Waals surface area contributed by atoms with Crippen molar-refractivity contribution in [3.8, 4) is 5.75 Å². The highest BCUT2D eigenvalue weighted by molar-refractivity contribution is 7.13. The van der Waals surface area contributed by atoms with E-state index in [2.05, 4.69) is 9.88 Å². The first kappa shape index (κ1) is 16.7. The normalized spacial score (nSPS) is 15.5. The fourth-order valence-corrected chi connectivity index (χ4v) is 3.39. The molecule has 5 nitrogen and oxygen atoms in total. The molecule has 24 heavy (non-hydrogen) atoms. The first-order chi connectivity index (χ1) is 11.5. The van der Waals surface area contributed by atoms with Crippen LogP contribution in [0.4, 0.5) is 9.52 Å². The lowest BCUT2D eigenvalue weighted by molar-refractivity contribution is -0.145. The SMILES string of the molecule is CC(C)(Oc1ccc(F)cc1)C(=O)N1CCN(c2nccs2)CC1. The van der Waals surface area contributed by atoms with Gasteiger partial charge < -0.3 is 14.5 Å². The minimum atomic E-state index is -0.999. The minimum absolute atomic E-state index is 0.0642. The summed E-state index contributed by atoms with van der Waals surface area (Å²) >= 11 is 1.60. The van der Waals surface area contributed by atoms with Gasteiger partial charge in [-0.3, -0.25) is 4.79 Å². The zero-order valence-corrected chi connectivity index (χ0v) is 14.6. The van der Waals surface area contributed by atoms with E-state index in [9.17, 15) is 9.18 Å². The van der Waals surface area contributed by atoms with Crippen LogP contribution >= 0.6 is 11.3 Å². The molecule has 0 atom stereocenters. The van der Waals surface area contributed by atoms with E-state index < -0.39 is 5.60 Å². The summed E-state index contributed by atoms with van der Waals surface area (Å²) in [5.41, 5.74) is -0.999. The second-order valence-corrected chi connectivity index (χ2v) is 7.03. The molecule has 1 amide bonds. The molecule has 1 aromatic carbocycles. The van der Waals surface area contributed by atoms with Gasteiger partial charge in [0.1, 0.15) is 11.6 Å². The third-order valence-corrected chi connectivity index (χ3v) is 4.79. The summed E-state index contributed by atoms with van der Waals surface area (Å²) in [6.07, 6.45) is 1.79. The van der Waals surface area contributed by atoms with E-state index in [1.54, 1.807) is 31.4 Å². The molecule has 0 aliphatic carbocycles.